The first-order valence-electron chi connectivity index (χ1n) is 6.31. The van der Waals surface area contributed by atoms with Gasteiger partial charge in [-0.25, -0.2) is 9.50 Å². The molecule has 3 aromatic rings. The molecule has 102 valence electrons. The van der Waals surface area contributed by atoms with E-state index >= 15 is 0 Å². The number of fused-ring (bicyclic) bond motifs is 1. The van der Waals surface area contributed by atoms with Crippen molar-refractivity contribution in [2.24, 2.45) is 0 Å². The fraction of sp³-hybridized carbons (Fsp3) is 0.143. The molecule has 0 aliphatic carbocycles. The fourth-order valence-electron chi connectivity index (χ4n) is 1.96. The summed E-state index contributed by atoms with van der Waals surface area (Å²) in [4.78, 5) is 4.21. The molecule has 0 unspecified atom stereocenters. The number of rotatable bonds is 4. The standard InChI is InChI=1S/C14H14BrN5/c15-12-9-18-14-6-5-13(19-20(12)14)17-8-7-10-1-3-11(16)4-2-10/h1-6,9H,7-8,16H2,(H,17,19). The second-order valence-electron chi connectivity index (χ2n) is 4.49. The van der Waals surface area contributed by atoms with E-state index in [1.54, 1.807) is 10.7 Å². The van der Waals surface area contributed by atoms with Crippen molar-refractivity contribution in [2.75, 3.05) is 17.6 Å². The van der Waals surface area contributed by atoms with Crippen LogP contribution in [0.25, 0.3) is 5.65 Å². The van der Waals surface area contributed by atoms with Crippen molar-refractivity contribution in [1.82, 2.24) is 14.6 Å². The summed E-state index contributed by atoms with van der Waals surface area (Å²) in [7, 11) is 0. The van der Waals surface area contributed by atoms with Crippen molar-refractivity contribution in [3.8, 4) is 0 Å². The van der Waals surface area contributed by atoms with Crippen LogP contribution in [-0.2, 0) is 6.42 Å². The summed E-state index contributed by atoms with van der Waals surface area (Å²) in [6, 6.07) is 11.8. The van der Waals surface area contributed by atoms with E-state index in [2.05, 4.69) is 31.3 Å². The Morgan fingerprint density at radius 1 is 1.15 bits per heavy atom. The SMILES string of the molecule is Nc1ccc(CCNc2ccc3ncc(Br)n3n2)cc1. The van der Waals surface area contributed by atoms with Crippen LogP contribution >= 0.6 is 15.9 Å². The molecule has 2 heterocycles. The Bertz CT molecular complexity index is 720. The molecule has 5 nitrogen and oxygen atoms in total. The third kappa shape index (κ3) is 2.75. The van der Waals surface area contributed by atoms with E-state index in [0.29, 0.717) is 0 Å². The Morgan fingerprint density at radius 3 is 2.75 bits per heavy atom. The molecule has 0 aliphatic rings. The highest BCUT2D eigenvalue weighted by Crippen LogP contribution is 2.13. The molecule has 0 aliphatic heterocycles. The summed E-state index contributed by atoms with van der Waals surface area (Å²) in [5.74, 6) is 0.826. The van der Waals surface area contributed by atoms with Crippen molar-refractivity contribution in [1.29, 1.82) is 0 Å². The van der Waals surface area contributed by atoms with E-state index in [1.807, 2.05) is 36.4 Å². The number of anilines is 2. The van der Waals surface area contributed by atoms with Gasteiger partial charge in [0.2, 0.25) is 0 Å². The monoisotopic (exact) mass is 331 g/mol. The van der Waals surface area contributed by atoms with Crippen molar-refractivity contribution in [2.45, 2.75) is 6.42 Å². The van der Waals surface area contributed by atoms with Crippen LogP contribution in [0.4, 0.5) is 11.5 Å². The predicted octanol–water partition coefficient (Wildman–Crippen LogP) is 2.73. The van der Waals surface area contributed by atoms with Crippen LogP contribution < -0.4 is 11.1 Å². The second-order valence-corrected chi connectivity index (χ2v) is 5.30. The number of halogens is 1. The molecule has 0 bridgehead atoms. The van der Waals surface area contributed by atoms with Gasteiger partial charge < -0.3 is 11.1 Å². The Hall–Kier alpha value is -2.08. The first-order valence-corrected chi connectivity index (χ1v) is 7.10. The molecule has 20 heavy (non-hydrogen) atoms. The number of hydrogen-bond donors (Lipinski definition) is 2. The van der Waals surface area contributed by atoms with Gasteiger partial charge >= 0.3 is 0 Å². The molecule has 6 heteroatoms. The lowest BCUT2D eigenvalue weighted by Gasteiger charge is -2.06. The van der Waals surface area contributed by atoms with Gasteiger partial charge in [-0.05, 0) is 52.2 Å². The molecule has 0 saturated carbocycles. The molecular formula is C14H14BrN5. The normalized spacial score (nSPS) is 10.8. The van der Waals surface area contributed by atoms with Crippen LogP contribution in [0.3, 0.4) is 0 Å². The first-order chi connectivity index (χ1) is 9.72. The summed E-state index contributed by atoms with van der Waals surface area (Å²) < 4.78 is 2.60. The molecule has 0 amide bonds. The number of aromatic nitrogens is 3. The van der Waals surface area contributed by atoms with E-state index in [0.717, 1.165) is 34.7 Å². The molecule has 3 rings (SSSR count). The number of nitrogen functional groups attached to an aromatic ring is 1. The van der Waals surface area contributed by atoms with Gasteiger partial charge in [0.15, 0.2) is 5.65 Å². The summed E-state index contributed by atoms with van der Waals surface area (Å²) in [6.45, 7) is 0.814. The van der Waals surface area contributed by atoms with Gasteiger partial charge in [0.25, 0.3) is 0 Å². The van der Waals surface area contributed by atoms with E-state index in [9.17, 15) is 0 Å². The molecule has 3 N–H and O–H groups in total. The topological polar surface area (TPSA) is 68.2 Å². The van der Waals surface area contributed by atoms with Crippen molar-refractivity contribution < 1.29 is 0 Å². The van der Waals surface area contributed by atoms with Gasteiger partial charge in [-0.15, -0.1) is 5.10 Å². The molecule has 0 spiro atoms. The number of nitrogens with zero attached hydrogens (tertiary/aromatic N) is 3. The first kappa shape index (κ1) is 12.9. The molecule has 0 atom stereocenters. The summed E-state index contributed by atoms with van der Waals surface area (Å²) >= 11 is 3.41. The molecular weight excluding hydrogens is 318 g/mol. The highest BCUT2D eigenvalue weighted by atomic mass is 79.9. The zero-order valence-electron chi connectivity index (χ0n) is 10.8. The maximum Gasteiger partial charge on any atom is 0.154 e. The maximum atomic E-state index is 5.66. The Labute approximate surface area is 125 Å². The minimum Gasteiger partial charge on any atom is -0.399 e. The minimum atomic E-state index is 0.791. The minimum absolute atomic E-state index is 0.791. The smallest absolute Gasteiger partial charge is 0.154 e. The Morgan fingerprint density at radius 2 is 1.95 bits per heavy atom. The van der Waals surface area contributed by atoms with Crippen LogP contribution in [-0.4, -0.2) is 21.1 Å². The average Bonchev–Trinajstić information content (AvgIpc) is 2.83. The molecule has 2 aromatic heterocycles. The van der Waals surface area contributed by atoms with Crippen LogP contribution in [0.15, 0.2) is 47.2 Å². The lowest BCUT2D eigenvalue weighted by Crippen LogP contribution is -2.08. The zero-order chi connectivity index (χ0) is 13.9. The molecule has 0 radical (unpaired) electrons. The van der Waals surface area contributed by atoms with E-state index in [4.69, 9.17) is 5.73 Å². The van der Waals surface area contributed by atoms with Crippen molar-refractivity contribution >= 4 is 33.1 Å². The molecule has 1 aromatic carbocycles. The Balaban J connectivity index is 1.64. The molecule has 0 saturated heterocycles. The van der Waals surface area contributed by atoms with E-state index in [-0.39, 0.29) is 0 Å². The van der Waals surface area contributed by atoms with Gasteiger partial charge in [0, 0.05) is 12.2 Å². The Kier molecular flexibility index (Phi) is 3.56. The lowest BCUT2D eigenvalue weighted by molar-refractivity contribution is 0.900. The lowest BCUT2D eigenvalue weighted by atomic mass is 10.1. The highest BCUT2D eigenvalue weighted by Gasteiger charge is 2.02. The van der Waals surface area contributed by atoms with Gasteiger partial charge in [-0.3, -0.25) is 0 Å². The van der Waals surface area contributed by atoms with Gasteiger partial charge in [0.05, 0.1) is 6.20 Å². The third-order valence-electron chi connectivity index (χ3n) is 3.02. The van der Waals surface area contributed by atoms with E-state index in [1.165, 1.54) is 5.56 Å². The quantitative estimate of drug-likeness (QED) is 0.721. The van der Waals surface area contributed by atoms with Crippen molar-refractivity contribution in [3.63, 3.8) is 0 Å². The van der Waals surface area contributed by atoms with Crippen LogP contribution in [0.1, 0.15) is 5.56 Å². The maximum absolute atomic E-state index is 5.66. The number of imidazole rings is 1. The van der Waals surface area contributed by atoms with Crippen LogP contribution in [0, 0.1) is 0 Å². The summed E-state index contributed by atoms with van der Waals surface area (Å²) in [5.41, 5.74) is 8.52. The molecule has 0 fully saturated rings. The highest BCUT2D eigenvalue weighted by molar-refractivity contribution is 9.10. The van der Waals surface area contributed by atoms with Crippen LogP contribution in [0.2, 0.25) is 0 Å². The van der Waals surface area contributed by atoms with Crippen LogP contribution in [0.5, 0.6) is 0 Å². The summed E-state index contributed by atoms with van der Waals surface area (Å²) in [5, 5.41) is 7.76. The fourth-order valence-corrected chi connectivity index (χ4v) is 2.32. The van der Waals surface area contributed by atoms with Crippen molar-refractivity contribution in [3.05, 3.63) is 52.8 Å². The second kappa shape index (κ2) is 5.50. The predicted molar refractivity (Wildman–Crippen MR) is 83.7 cm³/mol. The van der Waals surface area contributed by atoms with E-state index < -0.39 is 0 Å². The number of nitrogens with two attached hydrogens (primary N) is 1. The van der Waals surface area contributed by atoms with Gasteiger partial charge in [-0.2, -0.15) is 0 Å². The number of hydrogen-bond acceptors (Lipinski definition) is 4. The third-order valence-corrected chi connectivity index (χ3v) is 3.56. The number of nitrogens with one attached hydrogen (secondary N) is 1. The largest absolute Gasteiger partial charge is 0.399 e. The zero-order valence-corrected chi connectivity index (χ0v) is 12.3. The van der Waals surface area contributed by atoms with Gasteiger partial charge in [0.1, 0.15) is 10.4 Å². The summed E-state index contributed by atoms with van der Waals surface area (Å²) in [6.07, 6.45) is 2.66. The van der Waals surface area contributed by atoms with Gasteiger partial charge in [-0.1, -0.05) is 12.1 Å². The average molecular weight is 332 g/mol. The number of benzene rings is 1.